The Balaban J connectivity index is 2.26. The fourth-order valence-corrected chi connectivity index (χ4v) is 2.33. The van der Waals surface area contributed by atoms with Crippen LogP contribution in [-0.4, -0.2) is 49.8 Å². The molecule has 0 amide bonds. The van der Waals surface area contributed by atoms with E-state index in [0.717, 1.165) is 39.0 Å². The van der Waals surface area contributed by atoms with Crippen molar-refractivity contribution in [3.63, 3.8) is 0 Å². The molecule has 1 saturated heterocycles. The number of nitrogens with zero attached hydrogens (tertiary/aromatic N) is 2. The number of nitrogens with one attached hydrogen (secondary N) is 1. The van der Waals surface area contributed by atoms with E-state index in [4.69, 9.17) is 10.00 Å². The van der Waals surface area contributed by atoms with E-state index in [-0.39, 0.29) is 6.04 Å². The Morgan fingerprint density at radius 2 is 2.35 bits per heavy atom. The van der Waals surface area contributed by atoms with E-state index in [1.54, 1.807) is 0 Å². The van der Waals surface area contributed by atoms with Crippen LogP contribution in [0.5, 0.6) is 0 Å². The zero-order valence-electron chi connectivity index (χ0n) is 11.3. The number of hydrogen-bond acceptors (Lipinski definition) is 4. The van der Waals surface area contributed by atoms with Crippen LogP contribution in [0, 0.1) is 11.3 Å². The predicted octanol–water partition coefficient (Wildman–Crippen LogP) is 1.38. The topological polar surface area (TPSA) is 48.3 Å². The molecule has 0 radical (unpaired) electrons. The van der Waals surface area contributed by atoms with Crippen LogP contribution in [0.4, 0.5) is 0 Å². The predicted molar refractivity (Wildman–Crippen MR) is 68.8 cm³/mol. The molecule has 17 heavy (non-hydrogen) atoms. The second-order valence-electron chi connectivity index (χ2n) is 4.84. The third kappa shape index (κ3) is 4.63. The maximum Gasteiger partial charge on any atom is 0.0965 e. The molecule has 1 fully saturated rings. The molecular formula is C13H25N3O. The van der Waals surface area contributed by atoms with Crippen molar-refractivity contribution in [3.8, 4) is 6.07 Å². The molecule has 0 aromatic rings. The smallest absolute Gasteiger partial charge is 0.0965 e. The molecule has 3 atom stereocenters. The van der Waals surface area contributed by atoms with Gasteiger partial charge in [0.25, 0.3) is 0 Å². The van der Waals surface area contributed by atoms with Crippen molar-refractivity contribution in [2.45, 2.75) is 51.3 Å². The fourth-order valence-electron chi connectivity index (χ4n) is 2.33. The Morgan fingerprint density at radius 1 is 1.59 bits per heavy atom. The minimum absolute atomic E-state index is 0.0185. The lowest BCUT2D eigenvalue weighted by atomic mass is 10.1. The summed E-state index contributed by atoms with van der Waals surface area (Å²) >= 11 is 0. The third-order valence-electron chi connectivity index (χ3n) is 3.47. The van der Waals surface area contributed by atoms with Crippen LogP contribution >= 0.6 is 0 Å². The molecule has 0 aromatic heterocycles. The largest absolute Gasteiger partial charge is 0.377 e. The summed E-state index contributed by atoms with van der Waals surface area (Å²) in [4.78, 5) is 2.33. The number of nitriles is 1. The molecule has 1 aliphatic rings. The molecule has 4 nitrogen and oxygen atoms in total. The van der Waals surface area contributed by atoms with Gasteiger partial charge in [0.15, 0.2) is 0 Å². The van der Waals surface area contributed by atoms with Crippen molar-refractivity contribution in [3.05, 3.63) is 0 Å². The first-order chi connectivity index (χ1) is 8.19. The molecule has 1 heterocycles. The van der Waals surface area contributed by atoms with Gasteiger partial charge in [0, 0.05) is 19.2 Å². The van der Waals surface area contributed by atoms with Gasteiger partial charge in [-0.1, -0.05) is 6.92 Å². The van der Waals surface area contributed by atoms with Crippen molar-refractivity contribution in [2.24, 2.45) is 0 Å². The average molecular weight is 239 g/mol. The van der Waals surface area contributed by atoms with Gasteiger partial charge < -0.3 is 15.0 Å². The highest BCUT2D eigenvalue weighted by atomic mass is 16.5. The lowest BCUT2D eigenvalue weighted by Gasteiger charge is -2.27. The van der Waals surface area contributed by atoms with Crippen molar-refractivity contribution < 1.29 is 4.74 Å². The van der Waals surface area contributed by atoms with E-state index in [9.17, 15) is 0 Å². The maximum absolute atomic E-state index is 9.03. The minimum atomic E-state index is -0.0185. The standard InChI is InChI=1S/C13H25N3O/c1-4-7-15-12(10-14)5-8-16(3)13-6-9-17-11(13)2/h11-13,15H,4-9H2,1-3H3. The van der Waals surface area contributed by atoms with Crippen LogP contribution in [0.2, 0.25) is 0 Å². The van der Waals surface area contributed by atoms with Gasteiger partial charge in [-0.2, -0.15) is 5.26 Å². The Kier molecular flexibility index (Phi) is 6.49. The van der Waals surface area contributed by atoms with E-state index < -0.39 is 0 Å². The molecule has 0 spiro atoms. The van der Waals surface area contributed by atoms with Crippen LogP contribution in [0.15, 0.2) is 0 Å². The SMILES string of the molecule is CCCNC(C#N)CCN(C)C1CCOC1C. The Hall–Kier alpha value is -0.630. The van der Waals surface area contributed by atoms with E-state index in [1.165, 1.54) is 0 Å². The first-order valence-corrected chi connectivity index (χ1v) is 6.63. The van der Waals surface area contributed by atoms with Gasteiger partial charge in [-0.25, -0.2) is 0 Å². The Bertz CT molecular complexity index is 252. The zero-order chi connectivity index (χ0) is 12.7. The summed E-state index contributed by atoms with van der Waals surface area (Å²) in [5.41, 5.74) is 0. The lowest BCUT2D eigenvalue weighted by molar-refractivity contribution is 0.0828. The third-order valence-corrected chi connectivity index (χ3v) is 3.47. The molecule has 0 saturated carbocycles. The van der Waals surface area contributed by atoms with Crippen LogP contribution < -0.4 is 5.32 Å². The summed E-state index contributed by atoms with van der Waals surface area (Å²) in [6.45, 7) is 6.99. The summed E-state index contributed by atoms with van der Waals surface area (Å²) in [6, 6.07) is 2.82. The number of hydrogen-bond donors (Lipinski definition) is 1. The first-order valence-electron chi connectivity index (χ1n) is 6.63. The van der Waals surface area contributed by atoms with E-state index in [0.29, 0.717) is 12.1 Å². The number of ether oxygens (including phenoxy) is 1. The fraction of sp³-hybridized carbons (Fsp3) is 0.923. The van der Waals surface area contributed by atoms with Crippen LogP contribution in [-0.2, 0) is 4.74 Å². The highest BCUT2D eigenvalue weighted by Gasteiger charge is 2.27. The summed E-state index contributed by atoms with van der Waals surface area (Å²) in [7, 11) is 2.13. The van der Waals surface area contributed by atoms with Gasteiger partial charge in [-0.05, 0) is 39.8 Å². The van der Waals surface area contributed by atoms with Crippen LogP contribution in [0.3, 0.4) is 0 Å². The van der Waals surface area contributed by atoms with E-state index in [1.807, 2.05) is 0 Å². The van der Waals surface area contributed by atoms with Gasteiger partial charge >= 0.3 is 0 Å². The Morgan fingerprint density at radius 3 is 2.88 bits per heavy atom. The highest BCUT2D eigenvalue weighted by molar-refractivity contribution is 4.91. The molecule has 1 rings (SSSR count). The summed E-state index contributed by atoms with van der Waals surface area (Å²) < 4.78 is 5.56. The van der Waals surface area contributed by atoms with Crippen molar-refractivity contribution in [1.82, 2.24) is 10.2 Å². The van der Waals surface area contributed by atoms with Gasteiger partial charge in [-0.15, -0.1) is 0 Å². The molecule has 0 aromatic carbocycles. The second kappa shape index (κ2) is 7.65. The molecule has 1 aliphatic heterocycles. The summed E-state index contributed by atoms with van der Waals surface area (Å²) in [5.74, 6) is 0. The van der Waals surface area contributed by atoms with Crippen LogP contribution in [0.25, 0.3) is 0 Å². The summed E-state index contributed by atoms with van der Waals surface area (Å²) in [6.07, 6.45) is 3.39. The number of rotatable bonds is 7. The minimum Gasteiger partial charge on any atom is -0.377 e. The molecular weight excluding hydrogens is 214 g/mol. The summed E-state index contributed by atoms with van der Waals surface area (Å²) in [5, 5.41) is 12.3. The van der Waals surface area contributed by atoms with Gasteiger partial charge in [-0.3, -0.25) is 0 Å². The normalized spacial score (nSPS) is 26.1. The monoisotopic (exact) mass is 239 g/mol. The van der Waals surface area contributed by atoms with Crippen molar-refractivity contribution >= 4 is 0 Å². The molecule has 0 aliphatic carbocycles. The highest BCUT2D eigenvalue weighted by Crippen LogP contribution is 2.18. The van der Waals surface area contributed by atoms with Gasteiger partial charge in [0.2, 0.25) is 0 Å². The van der Waals surface area contributed by atoms with Crippen LogP contribution in [0.1, 0.15) is 33.1 Å². The van der Waals surface area contributed by atoms with Gasteiger partial charge in [0.1, 0.15) is 0 Å². The van der Waals surface area contributed by atoms with E-state index >= 15 is 0 Å². The first kappa shape index (κ1) is 14.4. The average Bonchev–Trinajstić information content (AvgIpc) is 2.75. The van der Waals surface area contributed by atoms with Crippen molar-refractivity contribution in [2.75, 3.05) is 26.7 Å². The molecule has 1 N–H and O–H groups in total. The Labute approximate surface area is 105 Å². The lowest BCUT2D eigenvalue weighted by Crippen LogP contribution is -2.40. The molecule has 3 unspecified atom stereocenters. The quantitative estimate of drug-likeness (QED) is 0.729. The van der Waals surface area contributed by atoms with Crippen molar-refractivity contribution in [1.29, 1.82) is 5.26 Å². The molecule has 0 bridgehead atoms. The maximum atomic E-state index is 9.03. The number of likely N-dealkylation sites (N-methyl/N-ethyl adjacent to an activating group) is 1. The van der Waals surface area contributed by atoms with Gasteiger partial charge in [0.05, 0.1) is 18.2 Å². The molecule has 98 valence electrons. The second-order valence-corrected chi connectivity index (χ2v) is 4.84. The van der Waals surface area contributed by atoms with E-state index in [2.05, 4.69) is 37.2 Å². The zero-order valence-corrected chi connectivity index (χ0v) is 11.3. The molecule has 4 heteroatoms.